The molecule has 1 aromatic heterocycles. The number of carbonyl (C=O) groups excluding carboxylic acids is 1. The molecule has 1 aromatic carbocycles. The first-order valence-corrected chi connectivity index (χ1v) is 8.60. The topological polar surface area (TPSA) is 105 Å². The molecule has 158 valence electrons. The van der Waals surface area contributed by atoms with E-state index in [9.17, 15) is 18.0 Å². The third-order valence-electron chi connectivity index (χ3n) is 4.12. The Hall–Kier alpha value is -3.08. The number of carbonyl (C=O) groups is 2. The Balaban J connectivity index is 0.000000370. The normalized spacial score (nSPS) is 16.0. The van der Waals surface area contributed by atoms with Crippen molar-refractivity contribution >= 4 is 11.9 Å². The monoisotopic (exact) mass is 414 g/mol. The molecule has 0 spiro atoms. The Labute approximate surface area is 164 Å². The molecular weight excluding hydrogens is 393 g/mol. The minimum Gasteiger partial charge on any atom is -0.496 e. The van der Waals surface area contributed by atoms with E-state index in [-0.39, 0.29) is 11.9 Å². The van der Waals surface area contributed by atoms with E-state index in [1.54, 1.807) is 24.1 Å². The maximum atomic E-state index is 12.3. The van der Waals surface area contributed by atoms with Gasteiger partial charge in [-0.2, -0.15) is 18.3 Å². The van der Waals surface area contributed by atoms with Crippen LogP contribution in [0.5, 0.6) is 5.75 Å². The minimum atomic E-state index is -5.08. The van der Waals surface area contributed by atoms with Crippen molar-refractivity contribution in [1.29, 1.82) is 0 Å². The molecule has 2 aromatic rings. The van der Waals surface area contributed by atoms with Crippen LogP contribution in [0, 0.1) is 0 Å². The fourth-order valence-corrected chi connectivity index (χ4v) is 2.68. The highest BCUT2D eigenvalue weighted by Gasteiger charge is 2.38. The maximum absolute atomic E-state index is 12.3. The summed E-state index contributed by atoms with van der Waals surface area (Å²) in [6, 6.07) is 5.71. The van der Waals surface area contributed by atoms with Gasteiger partial charge < -0.3 is 20.5 Å². The van der Waals surface area contributed by atoms with Crippen LogP contribution in [0.3, 0.4) is 0 Å². The summed E-state index contributed by atoms with van der Waals surface area (Å²) < 4.78 is 38.9. The predicted octanol–water partition coefficient (Wildman–Crippen LogP) is 1.82. The predicted molar refractivity (Wildman–Crippen MR) is 97.6 cm³/mol. The van der Waals surface area contributed by atoms with Gasteiger partial charge in [0, 0.05) is 42.5 Å². The Bertz CT molecular complexity index is 861. The lowest BCUT2D eigenvalue weighted by atomic mass is 10.0. The van der Waals surface area contributed by atoms with E-state index in [0.717, 1.165) is 30.6 Å². The van der Waals surface area contributed by atoms with Gasteiger partial charge in [-0.05, 0) is 31.2 Å². The van der Waals surface area contributed by atoms with Gasteiger partial charge >= 0.3 is 12.1 Å². The Morgan fingerprint density at radius 2 is 2.07 bits per heavy atom. The van der Waals surface area contributed by atoms with Gasteiger partial charge in [0.1, 0.15) is 5.75 Å². The molecule has 8 nitrogen and oxygen atoms in total. The fraction of sp³-hybridized carbons (Fsp3) is 0.389. The van der Waals surface area contributed by atoms with Crippen LogP contribution in [-0.4, -0.2) is 59.2 Å². The smallest absolute Gasteiger partial charge is 0.490 e. The van der Waals surface area contributed by atoms with E-state index in [1.165, 1.54) is 0 Å². The molecule has 3 rings (SSSR count). The van der Waals surface area contributed by atoms with Crippen LogP contribution in [0.2, 0.25) is 0 Å². The van der Waals surface area contributed by atoms with Crippen molar-refractivity contribution in [3.05, 3.63) is 36.2 Å². The molecule has 1 aliphatic rings. The molecule has 0 radical (unpaired) electrons. The van der Waals surface area contributed by atoms with E-state index >= 15 is 0 Å². The summed E-state index contributed by atoms with van der Waals surface area (Å²) in [4.78, 5) is 21.2. The van der Waals surface area contributed by atoms with Gasteiger partial charge in [-0.15, -0.1) is 0 Å². The zero-order valence-corrected chi connectivity index (χ0v) is 15.8. The van der Waals surface area contributed by atoms with Crippen LogP contribution >= 0.6 is 0 Å². The van der Waals surface area contributed by atoms with Crippen LogP contribution in [0.15, 0.2) is 30.6 Å². The highest BCUT2D eigenvalue weighted by Crippen LogP contribution is 2.30. The number of amides is 1. The molecular formula is C18H21F3N4O4. The summed E-state index contributed by atoms with van der Waals surface area (Å²) in [6.45, 7) is 1.78. The van der Waals surface area contributed by atoms with E-state index in [1.807, 2.05) is 25.4 Å². The van der Waals surface area contributed by atoms with Crippen LogP contribution < -0.4 is 15.4 Å². The number of ether oxygens (including phenoxy) is 1. The van der Waals surface area contributed by atoms with Gasteiger partial charge in [0.05, 0.1) is 13.3 Å². The SMILES string of the molecule is COc1cc(C(=O)N[C@@H]2CCNC2)ccc1-c1cnn(C)c1.O=C(O)C(F)(F)F. The number of aryl methyl sites for hydroxylation is 1. The fourth-order valence-electron chi connectivity index (χ4n) is 2.68. The minimum absolute atomic E-state index is 0.0651. The number of carboxylic acids is 1. The number of aliphatic carboxylic acids is 1. The molecule has 1 fully saturated rings. The first-order chi connectivity index (χ1) is 13.6. The summed E-state index contributed by atoms with van der Waals surface area (Å²) >= 11 is 0. The second kappa shape index (κ2) is 9.41. The largest absolute Gasteiger partial charge is 0.496 e. The first-order valence-electron chi connectivity index (χ1n) is 8.60. The van der Waals surface area contributed by atoms with Gasteiger partial charge in [-0.3, -0.25) is 9.48 Å². The maximum Gasteiger partial charge on any atom is 0.490 e. The van der Waals surface area contributed by atoms with Gasteiger partial charge in [0.2, 0.25) is 0 Å². The average Bonchev–Trinajstić information content (AvgIpc) is 3.32. The van der Waals surface area contributed by atoms with Gasteiger partial charge in [0.15, 0.2) is 0 Å². The van der Waals surface area contributed by atoms with Crippen molar-refractivity contribution in [3.8, 4) is 16.9 Å². The number of carboxylic acid groups (broad SMARTS) is 1. The Morgan fingerprint density at radius 3 is 2.55 bits per heavy atom. The molecule has 11 heteroatoms. The Morgan fingerprint density at radius 1 is 1.38 bits per heavy atom. The average molecular weight is 414 g/mol. The summed E-state index contributed by atoms with van der Waals surface area (Å²) in [5, 5.41) is 17.6. The zero-order chi connectivity index (χ0) is 21.6. The van der Waals surface area contributed by atoms with Gasteiger partial charge in [-0.1, -0.05) is 0 Å². The van der Waals surface area contributed by atoms with Crippen molar-refractivity contribution in [2.24, 2.45) is 7.05 Å². The second-order valence-electron chi connectivity index (χ2n) is 6.28. The number of hydrogen-bond donors (Lipinski definition) is 3. The molecule has 0 unspecified atom stereocenters. The number of nitrogens with zero attached hydrogens (tertiary/aromatic N) is 2. The van der Waals surface area contributed by atoms with Gasteiger partial charge in [-0.25, -0.2) is 4.79 Å². The van der Waals surface area contributed by atoms with Crippen molar-refractivity contribution in [3.63, 3.8) is 0 Å². The number of hydrogen-bond acceptors (Lipinski definition) is 5. The van der Waals surface area contributed by atoms with Crippen molar-refractivity contribution in [2.45, 2.75) is 18.6 Å². The summed E-state index contributed by atoms with van der Waals surface area (Å²) in [5.74, 6) is -2.15. The lowest BCUT2D eigenvalue weighted by Crippen LogP contribution is -2.36. The molecule has 0 aliphatic carbocycles. The van der Waals surface area contributed by atoms with Crippen LogP contribution in [0.4, 0.5) is 13.2 Å². The van der Waals surface area contributed by atoms with Crippen molar-refractivity contribution in [1.82, 2.24) is 20.4 Å². The molecule has 1 atom stereocenters. The number of rotatable bonds is 4. The third-order valence-corrected chi connectivity index (χ3v) is 4.12. The molecule has 1 saturated heterocycles. The highest BCUT2D eigenvalue weighted by molar-refractivity contribution is 5.95. The number of aromatic nitrogens is 2. The van der Waals surface area contributed by atoms with Crippen molar-refractivity contribution < 1.29 is 32.6 Å². The van der Waals surface area contributed by atoms with E-state index in [2.05, 4.69) is 15.7 Å². The van der Waals surface area contributed by atoms with Crippen LogP contribution in [0.25, 0.3) is 11.1 Å². The number of alkyl halides is 3. The summed E-state index contributed by atoms with van der Waals surface area (Å²) in [7, 11) is 3.48. The quantitative estimate of drug-likeness (QED) is 0.705. The zero-order valence-electron chi connectivity index (χ0n) is 15.8. The van der Waals surface area contributed by atoms with E-state index < -0.39 is 12.1 Å². The van der Waals surface area contributed by atoms with Crippen LogP contribution in [0.1, 0.15) is 16.8 Å². The second-order valence-corrected chi connectivity index (χ2v) is 6.28. The number of nitrogens with one attached hydrogen (secondary N) is 2. The van der Waals surface area contributed by atoms with Crippen molar-refractivity contribution in [2.75, 3.05) is 20.2 Å². The number of halogens is 3. The lowest BCUT2D eigenvalue weighted by molar-refractivity contribution is -0.192. The number of methoxy groups -OCH3 is 1. The summed E-state index contributed by atoms with van der Waals surface area (Å²) in [5.41, 5.74) is 2.50. The summed E-state index contributed by atoms with van der Waals surface area (Å²) in [6.07, 6.45) is -0.416. The third kappa shape index (κ3) is 6.21. The van der Waals surface area contributed by atoms with E-state index in [0.29, 0.717) is 11.3 Å². The standard InChI is InChI=1S/C16H20N4O2.C2HF3O2/c1-20-10-12(8-18-20)14-4-3-11(7-15(14)22-2)16(21)19-13-5-6-17-9-13;3-2(4,5)1(6)7/h3-4,7-8,10,13,17H,5-6,9H2,1-2H3,(H,19,21);(H,6,7)/t13-;/m1./s1. The molecule has 1 aliphatic heterocycles. The molecule has 0 saturated carbocycles. The molecule has 0 bridgehead atoms. The highest BCUT2D eigenvalue weighted by atomic mass is 19.4. The molecule has 1 amide bonds. The van der Waals surface area contributed by atoms with Crippen LogP contribution in [-0.2, 0) is 11.8 Å². The Kier molecular flexibility index (Phi) is 7.21. The molecule has 29 heavy (non-hydrogen) atoms. The molecule has 2 heterocycles. The molecule has 3 N–H and O–H groups in total. The van der Waals surface area contributed by atoms with E-state index in [4.69, 9.17) is 14.6 Å². The van der Waals surface area contributed by atoms with Gasteiger partial charge in [0.25, 0.3) is 5.91 Å². The first kappa shape index (κ1) is 22.2. The number of benzene rings is 1. The lowest BCUT2D eigenvalue weighted by Gasteiger charge is -2.13.